The number of hydrogen-bond acceptors (Lipinski definition) is 9. The molecule has 0 bridgehead atoms. The van der Waals surface area contributed by atoms with Crippen molar-refractivity contribution in [3.63, 3.8) is 0 Å². The largest absolute Gasteiger partial charge is 0.390 e. The first-order valence-electron chi connectivity index (χ1n) is 21.9. The molecule has 7 rings (SSSR count). The number of Topliss-reactive ketones (excluding diaryl/α,β-unsaturated/α-hetero) is 1. The van der Waals surface area contributed by atoms with E-state index in [4.69, 9.17) is 9.47 Å². The molecule has 62 heavy (non-hydrogen) atoms. The van der Waals surface area contributed by atoms with Gasteiger partial charge < -0.3 is 35.6 Å². The lowest BCUT2D eigenvalue weighted by Gasteiger charge is -2.63. The van der Waals surface area contributed by atoms with Crippen LogP contribution in [0.5, 0.6) is 0 Å². The van der Waals surface area contributed by atoms with Crippen LogP contribution in [0.2, 0.25) is 0 Å². The molecular formula is C48H59F2N3O9. The minimum atomic E-state index is -2.34. The topological polar surface area (TPSA) is 180 Å². The molecule has 0 aromatic heterocycles. The summed E-state index contributed by atoms with van der Waals surface area (Å²) >= 11 is 0. The third kappa shape index (κ3) is 7.54. The van der Waals surface area contributed by atoms with Crippen LogP contribution in [0.4, 0.5) is 14.5 Å². The van der Waals surface area contributed by atoms with Crippen LogP contribution in [0.25, 0.3) is 0 Å². The number of ketones is 2. The highest BCUT2D eigenvalue weighted by molar-refractivity contribution is 6.01. The maximum atomic E-state index is 17.7. The zero-order chi connectivity index (χ0) is 44.9. The molecule has 1 saturated heterocycles. The number of aliphatic hydroxyl groups excluding tert-OH is 2. The molecule has 5 aliphatic rings. The number of alkyl halides is 2. The van der Waals surface area contributed by atoms with E-state index >= 15 is 8.78 Å². The van der Waals surface area contributed by atoms with Crippen molar-refractivity contribution in [3.05, 3.63) is 89.0 Å². The molecule has 3 amide bonds. The predicted octanol–water partition coefficient (Wildman–Crippen LogP) is 5.69. The van der Waals surface area contributed by atoms with Gasteiger partial charge in [0, 0.05) is 33.9 Å². The molecule has 3 saturated carbocycles. The number of hydrogen-bond donors (Lipinski definition) is 5. The van der Waals surface area contributed by atoms with Crippen molar-refractivity contribution < 1.29 is 52.4 Å². The number of fused-ring (bicyclic) bond motifs is 7. The molecule has 0 radical (unpaired) electrons. The van der Waals surface area contributed by atoms with Crippen LogP contribution in [-0.4, -0.2) is 87.8 Å². The minimum absolute atomic E-state index is 0.00976. The second kappa shape index (κ2) is 17.2. The normalized spacial score (nSPS) is 34.7. The molecule has 2 aromatic rings. The number of nitrogens with one attached hydrogen (secondary N) is 3. The number of allylic oxidation sites excluding steroid dienone is 4. The Morgan fingerprint density at radius 3 is 2.32 bits per heavy atom. The Hall–Kier alpha value is -4.63. The van der Waals surface area contributed by atoms with E-state index in [1.807, 2.05) is 56.3 Å². The van der Waals surface area contributed by atoms with Gasteiger partial charge in [-0.1, -0.05) is 76.1 Å². The zero-order valence-corrected chi connectivity index (χ0v) is 36.2. The van der Waals surface area contributed by atoms with Crippen LogP contribution in [0.1, 0.15) is 103 Å². The Balaban J connectivity index is 1.00. The number of carbonyl (C=O) groups excluding carboxylic acids is 5. The maximum Gasteiger partial charge on any atom is 0.246 e. The number of carbonyl (C=O) groups is 5. The van der Waals surface area contributed by atoms with Crippen LogP contribution in [0.3, 0.4) is 0 Å². The average Bonchev–Trinajstić information content (AvgIpc) is 3.74. The summed E-state index contributed by atoms with van der Waals surface area (Å²) in [6.45, 7) is 9.41. The number of aliphatic hydroxyl groups is 2. The van der Waals surface area contributed by atoms with E-state index in [0.717, 1.165) is 36.5 Å². The van der Waals surface area contributed by atoms with Gasteiger partial charge in [0.25, 0.3) is 0 Å². The molecule has 2 aromatic carbocycles. The molecule has 5 N–H and O–H groups in total. The summed E-state index contributed by atoms with van der Waals surface area (Å²) in [6.07, 6.45) is 1.25. The van der Waals surface area contributed by atoms with Gasteiger partial charge in [-0.25, -0.2) is 8.78 Å². The summed E-state index contributed by atoms with van der Waals surface area (Å²) in [4.78, 5) is 64.4. The highest BCUT2D eigenvalue weighted by Gasteiger charge is 2.80. The predicted molar refractivity (Wildman–Crippen MR) is 226 cm³/mol. The highest BCUT2D eigenvalue weighted by Crippen LogP contribution is 2.72. The van der Waals surface area contributed by atoms with Crippen LogP contribution < -0.4 is 16.0 Å². The van der Waals surface area contributed by atoms with Gasteiger partial charge in [-0.05, 0) is 99.8 Å². The molecule has 1 unspecified atom stereocenters. The van der Waals surface area contributed by atoms with Crippen LogP contribution in [0.15, 0.2) is 72.3 Å². The van der Waals surface area contributed by atoms with Crippen molar-refractivity contribution in [1.29, 1.82) is 0 Å². The van der Waals surface area contributed by atoms with Crippen LogP contribution in [-0.2, 0) is 39.9 Å². The van der Waals surface area contributed by atoms with Gasteiger partial charge in [-0.2, -0.15) is 0 Å². The number of rotatable bonds is 14. The van der Waals surface area contributed by atoms with Gasteiger partial charge >= 0.3 is 0 Å². The van der Waals surface area contributed by atoms with Crippen molar-refractivity contribution in [2.24, 2.45) is 28.6 Å². The van der Waals surface area contributed by atoms with Crippen molar-refractivity contribution >= 4 is 35.0 Å². The van der Waals surface area contributed by atoms with E-state index in [0.29, 0.717) is 17.7 Å². The SMILES string of the molecule is CCCCC(C)C(=O)N[C@@H](C)C(=O)N[C@@H](C)C(=O)Nc1cccc(Cc2ccc([C@@H]3O[C@@H]4C[C@H]5[C@@H]6C[C@H](F)C7=CC(=O)C=C[C@]7(C)[C@@]6(F)[C@@H](O)C[C@]5(C)[C@]4(C(=O)CO)O3)cc2)c1. The molecule has 1 aliphatic heterocycles. The van der Waals surface area contributed by atoms with E-state index in [-0.39, 0.29) is 36.7 Å². The minimum Gasteiger partial charge on any atom is -0.390 e. The Morgan fingerprint density at radius 1 is 0.935 bits per heavy atom. The summed E-state index contributed by atoms with van der Waals surface area (Å²) < 4.78 is 46.8. The van der Waals surface area contributed by atoms with Crippen molar-refractivity contribution in [1.82, 2.24) is 10.6 Å². The first kappa shape index (κ1) is 45.4. The lowest BCUT2D eigenvalue weighted by molar-refractivity contribution is -0.235. The summed E-state index contributed by atoms with van der Waals surface area (Å²) in [7, 11) is 0. The van der Waals surface area contributed by atoms with E-state index in [9.17, 15) is 34.2 Å². The second-order valence-corrected chi connectivity index (χ2v) is 18.6. The smallest absolute Gasteiger partial charge is 0.246 e. The van der Waals surface area contributed by atoms with Gasteiger partial charge in [0.1, 0.15) is 24.9 Å². The fraction of sp³-hybridized carbons (Fsp3) is 0.562. The van der Waals surface area contributed by atoms with Crippen molar-refractivity contribution in [2.45, 2.75) is 135 Å². The molecule has 0 spiro atoms. The summed E-state index contributed by atoms with van der Waals surface area (Å²) in [5, 5.41) is 30.3. The Kier molecular flexibility index (Phi) is 12.6. The highest BCUT2D eigenvalue weighted by atomic mass is 19.1. The number of unbranched alkanes of at least 4 members (excludes halogenated alkanes) is 1. The van der Waals surface area contributed by atoms with Gasteiger partial charge in [0.15, 0.2) is 29.1 Å². The van der Waals surface area contributed by atoms with Crippen LogP contribution in [0, 0.1) is 28.6 Å². The number of benzene rings is 2. The van der Waals surface area contributed by atoms with Gasteiger partial charge in [0.05, 0.1) is 12.2 Å². The summed E-state index contributed by atoms with van der Waals surface area (Å²) in [5.74, 6) is -4.10. The Labute approximate surface area is 361 Å². The maximum absolute atomic E-state index is 17.7. The standard InChI is InChI=1S/C48H59F2N3O9/c1-7-8-10-26(2)41(58)51-27(3)42(59)52-28(4)43(60)53-32-12-9-11-30(20-32)19-29-13-15-31(16-14-29)44-61-40-23-34-35-22-37(49)36-21-33(55)17-18-45(36,5)47(35,50)38(56)24-46(34,6)48(40,62-44)39(57)25-54/h9,11-18,20-21,26-28,34-35,37-38,40,44,54,56H,7-8,10,19,22-25H2,1-6H3,(H,51,58)(H,52,59)(H,53,60)/t26?,27-,28-,34-,35-,37-,38-,40+,44+,45-,46-,47-,48+/m0/s1. The molecule has 12 nitrogen and oxygen atoms in total. The third-order valence-electron chi connectivity index (χ3n) is 14.7. The summed E-state index contributed by atoms with van der Waals surface area (Å²) in [5.41, 5.74) is -3.95. The van der Waals surface area contributed by atoms with Gasteiger partial charge in [-0.15, -0.1) is 0 Å². The van der Waals surface area contributed by atoms with E-state index in [1.165, 1.54) is 19.1 Å². The first-order chi connectivity index (χ1) is 29.3. The monoisotopic (exact) mass is 859 g/mol. The van der Waals surface area contributed by atoms with Crippen LogP contribution >= 0.6 is 0 Å². The van der Waals surface area contributed by atoms with Gasteiger partial charge in [-0.3, -0.25) is 24.0 Å². The molecule has 334 valence electrons. The third-order valence-corrected chi connectivity index (χ3v) is 14.7. The van der Waals surface area contributed by atoms with E-state index < -0.39 is 101 Å². The fourth-order valence-corrected chi connectivity index (χ4v) is 11.2. The number of ether oxygens (including phenoxy) is 2. The van der Waals surface area contributed by atoms with Gasteiger partial charge in [0.2, 0.25) is 17.7 Å². The van der Waals surface area contributed by atoms with E-state index in [2.05, 4.69) is 16.0 Å². The molecule has 4 aliphatic carbocycles. The number of halogens is 2. The van der Waals surface area contributed by atoms with Crippen molar-refractivity contribution in [3.8, 4) is 0 Å². The number of amides is 3. The Bertz CT molecular complexity index is 2160. The molecule has 4 fully saturated rings. The summed E-state index contributed by atoms with van der Waals surface area (Å²) in [6, 6.07) is 13.0. The lowest BCUT2D eigenvalue weighted by Crippen LogP contribution is -2.70. The first-order valence-corrected chi connectivity index (χ1v) is 21.9. The molecule has 13 atom stereocenters. The fourth-order valence-electron chi connectivity index (χ4n) is 11.2. The number of anilines is 1. The molecule has 1 heterocycles. The second-order valence-electron chi connectivity index (χ2n) is 18.6. The molecule has 14 heteroatoms. The quantitative estimate of drug-likeness (QED) is 0.160. The van der Waals surface area contributed by atoms with E-state index in [1.54, 1.807) is 26.8 Å². The Morgan fingerprint density at radius 2 is 1.63 bits per heavy atom. The average molecular weight is 860 g/mol. The molecular weight excluding hydrogens is 801 g/mol. The van der Waals surface area contributed by atoms with Crippen molar-refractivity contribution in [2.75, 3.05) is 11.9 Å². The zero-order valence-electron chi connectivity index (χ0n) is 36.2. The lowest BCUT2D eigenvalue weighted by atomic mass is 9.44.